The second kappa shape index (κ2) is 5.09. The quantitative estimate of drug-likeness (QED) is 0.633. The summed E-state index contributed by atoms with van der Waals surface area (Å²) in [5, 5.41) is 18.9. The second-order valence-corrected chi connectivity index (χ2v) is 4.22. The van der Waals surface area contributed by atoms with E-state index in [0.717, 1.165) is 7.11 Å². The minimum Gasteiger partial charge on any atom is -0.467 e. The Morgan fingerprint density at radius 3 is 2.62 bits per heavy atom. The van der Waals surface area contributed by atoms with E-state index in [2.05, 4.69) is 4.74 Å². The van der Waals surface area contributed by atoms with Gasteiger partial charge in [-0.05, 0) is 13.8 Å². The molecule has 0 radical (unpaired) electrons. The lowest BCUT2D eigenvalue weighted by Gasteiger charge is -2.20. The minimum absolute atomic E-state index is 0.125. The van der Waals surface area contributed by atoms with Crippen molar-refractivity contribution in [3.05, 3.63) is 0 Å². The van der Waals surface area contributed by atoms with Gasteiger partial charge in [-0.1, -0.05) is 0 Å². The van der Waals surface area contributed by atoms with Crippen molar-refractivity contribution in [2.24, 2.45) is 0 Å². The third-order valence-electron chi connectivity index (χ3n) is 2.38. The fourth-order valence-corrected chi connectivity index (χ4v) is 1.56. The maximum atomic E-state index is 11.0. The highest BCUT2D eigenvalue weighted by atomic mass is 16.7. The summed E-state index contributed by atoms with van der Waals surface area (Å²) in [6.07, 6.45) is -2.96. The molecule has 0 aromatic rings. The molecule has 0 aliphatic carbocycles. The van der Waals surface area contributed by atoms with Gasteiger partial charge in [0.1, 0.15) is 0 Å². The number of carbonyl (C=O) groups excluding carboxylic acids is 1. The number of aliphatic hydroxyl groups is 2. The molecule has 0 bridgehead atoms. The summed E-state index contributed by atoms with van der Waals surface area (Å²) in [7, 11) is 1.15. The Balaban J connectivity index is 2.40. The summed E-state index contributed by atoms with van der Waals surface area (Å²) in [5.74, 6) is -1.54. The molecule has 94 valence electrons. The van der Waals surface area contributed by atoms with Gasteiger partial charge < -0.3 is 24.4 Å². The maximum absolute atomic E-state index is 11.0. The summed E-state index contributed by atoms with van der Waals surface area (Å²) < 4.78 is 15.0. The predicted octanol–water partition coefficient (Wildman–Crippen LogP) is -0.577. The first kappa shape index (κ1) is 13.4. The van der Waals surface area contributed by atoms with Crippen molar-refractivity contribution in [2.45, 2.75) is 44.4 Å². The predicted molar refractivity (Wildman–Crippen MR) is 53.6 cm³/mol. The molecule has 0 aromatic heterocycles. The summed E-state index contributed by atoms with van der Waals surface area (Å²) >= 11 is 0. The lowest BCUT2D eigenvalue weighted by molar-refractivity contribution is -0.160. The molecule has 16 heavy (non-hydrogen) atoms. The monoisotopic (exact) mass is 234 g/mol. The standard InChI is InChI=1S/C10H18O6/c1-10(2)15-5-6(16-10)4-7(11)8(12)9(13)14-3/h6-8,11-12H,4-5H2,1-3H3/t6-,7+,8-/m0/s1. The lowest BCUT2D eigenvalue weighted by atomic mass is 10.1. The molecule has 0 saturated carbocycles. The van der Waals surface area contributed by atoms with E-state index in [4.69, 9.17) is 9.47 Å². The van der Waals surface area contributed by atoms with Crippen LogP contribution in [0.3, 0.4) is 0 Å². The molecular formula is C10H18O6. The van der Waals surface area contributed by atoms with E-state index < -0.39 is 24.0 Å². The van der Waals surface area contributed by atoms with Gasteiger partial charge in [0.25, 0.3) is 0 Å². The van der Waals surface area contributed by atoms with Crippen LogP contribution < -0.4 is 0 Å². The number of methoxy groups -OCH3 is 1. The van der Waals surface area contributed by atoms with Crippen molar-refractivity contribution < 1.29 is 29.2 Å². The van der Waals surface area contributed by atoms with Crippen LogP contribution in [0.5, 0.6) is 0 Å². The molecule has 6 nitrogen and oxygen atoms in total. The van der Waals surface area contributed by atoms with Crippen LogP contribution in [0.25, 0.3) is 0 Å². The van der Waals surface area contributed by atoms with Crippen LogP contribution in [0.2, 0.25) is 0 Å². The van der Waals surface area contributed by atoms with Gasteiger partial charge in [0.15, 0.2) is 11.9 Å². The number of hydrogen-bond donors (Lipinski definition) is 2. The average Bonchev–Trinajstić information content (AvgIpc) is 2.55. The zero-order valence-corrected chi connectivity index (χ0v) is 9.67. The normalized spacial score (nSPS) is 27.4. The molecule has 0 amide bonds. The van der Waals surface area contributed by atoms with Crippen molar-refractivity contribution in [3.8, 4) is 0 Å². The fraction of sp³-hybridized carbons (Fsp3) is 0.900. The second-order valence-electron chi connectivity index (χ2n) is 4.22. The van der Waals surface area contributed by atoms with E-state index in [1.165, 1.54) is 0 Å². The zero-order chi connectivity index (χ0) is 12.3. The number of aliphatic hydroxyl groups excluding tert-OH is 2. The van der Waals surface area contributed by atoms with Crippen LogP contribution in [-0.4, -0.2) is 54.0 Å². The molecule has 1 aliphatic heterocycles. The van der Waals surface area contributed by atoms with E-state index >= 15 is 0 Å². The largest absolute Gasteiger partial charge is 0.467 e. The van der Waals surface area contributed by atoms with Crippen molar-refractivity contribution in [2.75, 3.05) is 13.7 Å². The van der Waals surface area contributed by atoms with E-state index in [-0.39, 0.29) is 12.5 Å². The summed E-state index contributed by atoms with van der Waals surface area (Å²) in [6, 6.07) is 0. The van der Waals surface area contributed by atoms with E-state index in [9.17, 15) is 15.0 Å². The van der Waals surface area contributed by atoms with Crippen LogP contribution in [0.1, 0.15) is 20.3 Å². The van der Waals surface area contributed by atoms with Gasteiger partial charge in [0.05, 0.1) is 25.9 Å². The van der Waals surface area contributed by atoms with E-state index in [1.54, 1.807) is 13.8 Å². The number of esters is 1. The number of carbonyl (C=O) groups is 1. The Morgan fingerprint density at radius 1 is 1.56 bits per heavy atom. The topological polar surface area (TPSA) is 85.2 Å². The highest BCUT2D eigenvalue weighted by molar-refractivity contribution is 5.74. The molecule has 6 heteroatoms. The Hall–Kier alpha value is -0.690. The van der Waals surface area contributed by atoms with Crippen molar-refractivity contribution >= 4 is 5.97 Å². The first-order valence-corrected chi connectivity index (χ1v) is 5.11. The molecule has 1 saturated heterocycles. The van der Waals surface area contributed by atoms with Crippen molar-refractivity contribution in [1.29, 1.82) is 0 Å². The minimum atomic E-state index is -1.54. The Kier molecular flexibility index (Phi) is 4.26. The number of rotatable bonds is 4. The Morgan fingerprint density at radius 2 is 2.19 bits per heavy atom. The van der Waals surface area contributed by atoms with Gasteiger partial charge in [0.2, 0.25) is 0 Å². The van der Waals surface area contributed by atoms with Gasteiger partial charge in [-0.2, -0.15) is 0 Å². The van der Waals surface area contributed by atoms with Crippen LogP contribution >= 0.6 is 0 Å². The highest BCUT2D eigenvalue weighted by Gasteiger charge is 2.36. The van der Waals surface area contributed by atoms with Crippen LogP contribution in [-0.2, 0) is 19.0 Å². The molecule has 2 N–H and O–H groups in total. The van der Waals surface area contributed by atoms with Crippen molar-refractivity contribution in [3.63, 3.8) is 0 Å². The van der Waals surface area contributed by atoms with Crippen LogP contribution in [0.15, 0.2) is 0 Å². The third-order valence-corrected chi connectivity index (χ3v) is 2.38. The van der Waals surface area contributed by atoms with Gasteiger partial charge in [-0.15, -0.1) is 0 Å². The van der Waals surface area contributed by atoms with Crippen LogP contribution in [0, 0.1) is 0 Å². The lowest BCUT2D eigenvalue weighted by Crippen LogP contribution is -2.37. The summed E-state index contributed by atoms with van der Waals surface area (Å²) in [6.45, 7) is 3.85. The van der Waals surface area contributed by atoms with Gasteiger partial charge in [-0.3, -0.25) is 0 Å². The Bertz CT molecular complexity index is 252. The van der Waals surface area contributed by atoms with E-state index in [1.807, 2.05) is 0 Å². The summed E-state index contributed by atoms with van der Waals surface area (Å²) in [4.78, 5) is 11.0. The van der Waals surface area contributed by atoms with E-state index in [0.29, 0.717) is 6.61 Å². The first-order chi connectivity index (χ1) is 7.35. The molecular weight excluding hydrogens is 216 g/mol. The average molecular weight is 234 g/mol. The van der Waals surface area contributed by atoms with Gasteiger partial charge in [-0.25, -0.2) is 4.79 Å². The highest BCUT2D eigenvalue weighted by Crippen LogP contribution is 2.25. The Labute approximate surface area is 94.1 Å². The molecule has 3 atom stereocenters. The summed E-state index contributed by atoms with van der Waals surface area (Å²) in [5.41, 5.74) is 0. The maximum Gasteiger partial charge on any atom is 0.337 e. The molecule has 0 aromatic carbocycles. The SMILES string of the molecule is COC(=O)[C@@H](O)[C@H](O)C[C@H]1COC(C)(C)O1. The molecule has 0 spiro atoms. The van der Waals surface area contributed by atoms with Crippen LogP contribution in [0.4, 0.5) is 0 Å². The number of hydrogen-bond acceptors (Lipinski definition) is 6. The smallest absolute Gasteiger partial charge is 0.337 e. The fourth-order valence-electron chi connectivity index (χ4n) is 1.56. The molecule has 1 aliphatic rings. The molecule has 0 unspecified atom stereocenters. The molecule has 1 heterocycles. The zero-order valence-electron chi connectivity index (χ0n) is 9.67. The van der Waals surface area contributed by atoms with Gasteiger partial charge in [0, 0.05) is 6.42 Å². The first-order valence-electron chi connectivity index (χ1n) is 5.11. The number of ether oxygens (including phenoxy) is 3. The molecule has 1 fully saturated rings. The molecule has 1 rings (SSSR count). The van der Waals surface area contributed by atoms with Crippen molar-refractivity contribution in [1.82, 2.24) is 0 Å². The van der Waals surface area contributed by atoms with Gasteiger partial charge >= 0.3 is 5.97 Å². The third kappa shape index (κ3) is 3.41.